The first kappa shape index (κ1) is 14.8. The number of carbonyl (C=O) groups is 1. The summed E-state index contributed by atoms with van der Waals surface area (Å²) in [6.45, 7) is -0.289. The van der Waals surface area contributed by atoms with Crippen LogP contribution in [-0.2, 0) is 11.3 Å². The summed E-state index contributed by atoms with van der Waals surface area (Å²) in [6.07, 6.45) is 0. The van der Waals surface area contributed by atoms with Gasteiger partial charge in [-0.25, -0.2) is 9.18 Å². The van der Waals surface area contributed by atoms with Gasteiger partial charge < -0.3 is 10.5 Å². The maximum atomic E-state index is 13.5. The van der Waals surface area contributed by atoms with E-state index >= 15 is 0 Å². The first-order chi connectivity index (χ1) is 10.0. The van der Waals surface area contributed by atoms with Crippen LogP contribution in [-0.4, -0.2) is 5.97 Å². The van der Waals surface area contributed by atoms with Crippen LogP contribution in [0.4, 0.5) is 10.1 Å². The van der Waals surface area contributed by atoms with Gasteiger partial charge in [0.25, 0.3) is 0 Å². The summed E-state index contributed by atoms with van der Waals surface area (Å²) < 4.78 is 18.6. The van der Waals surface area contributed by atoms with Crippen LogP contribution in [0, 0.1) is 17.1 Å². The molecule has 0 aromatic heterocycles. The first-order valence-electron chi connectivity index (χ1n) is 5.92. The highest BCUT2D eigenvalue weighted by molar-refractivity contribution is 6.31. The molecule has 0 fully saturated rings. The van der Waals surface area contributed by atoms with Crippen molar-refractivity contribution in [3.63, 3.8) is 0 Å². The molecule has 106 valence electrons. The maximum Gasteiger partial charge on any atom is 0.340 e. The highest BCUT2D eigenvalue weighted by atomic mass is 35.5. The van der Waals surface area contributed by atoms with Gasteiger partial charge in [0.1, 0.15) is 12.4 Å². The van der Waals surface area contributed by atoms with Crippen molar-refractivity contribution in [1.82, 2.24) is 0 Å². The molecule has 0 heterocycles. The summed E-state index contributed by atoms with van der Waals surface area (Å²) >= 11 is 5.74. The molecule has 21 heavy (non-hydrogen) atoms. The molecule has 2 N–H and O–H groups in total. The molecule has 6 heteroatoms. The number of carbonyl (C=O) groups excluding carboxylic acids is 1. The van der Waals surface area contributed by atoms with Crippen molar-refractivity contribution in [2.24, 2.45) is 0 Å². The van der Waals surface area contributed by atoms with E-state index in [0.717, 1.165) is 6.07 Å². The second-order valence-corrected chi connectivity index (χ2v) is 4.66. The molecule has 4 nitrogen and oxygen atoms in total. The van der Waals surface area contributed by atoms with Gasteiger partial charge in [0.15, 0.2) is 0 Å². The topological polar surface area (TPSA) is 76.1 Å². The third-order valence-electron chi connectivity index (χ3n) is 2.77. The molecule has 0 aliphatic heterocycles. The van der Waals surface area contributed by atoms with E-state index in [9.17, 15) is 9.18 Å². The predicted octanol–water partition coefficient (Wildman–Crippen LogP) is 3.29. The molecule has 0 aliphatic carbocycles. The van der Waals surface area contributed by atoms with Crippen LogP contribution in [0.3, 0.4) is 0 Å². The minimum atomic E-state index is -0.689. The summed E-state index contributed by atoms with van der Waals surface area (Å²) in [5, 5.41) is 9.16. The first-order valence-corrected chi connectivity index (χ1v) is 6.29. The van der Waals surface area contributed by atoms with Gasteiger partial charge in [-0.15, -0.1) is 0 Å². The third-order valence-corrected chi connectivity index (χ3v) is 3.00. The molecule has 0 radical (unpaired) electrons. The number of rotatable bonds is 3. The fourth-order valence-electron chi connectivity index (χ4n) is 1.70. The van der Waals surface area contributed by atoms with Crippen molar-refractivity contribution in [1.29, 1.82) is 5.26 Å². The van der Waals surface area contributed by atoms with Crippen molar-refractivity contribution in [3.8, 4) is 6.07 Å². The number of hydrogen-bond acceptors (Lipinski definition) is 4. The number of hydrogen-bond donors (Lipinski definition) is 1. The molecule has 0 saturated carbocycles. The van der Waals surface area contributed by atoms with E-state index in [4.69, 9.17) is 27.3 Å². The van der Waals surface area contributed by atoms with Gasteiger partial charge in [0.05, 0.1) is 17.2 Å². The Balaban J connectivity index is 2.13. The van der Waals surface area contributed by atoms with Gasteiger partial charge >= 0.3 is 5.97 Å². The number of nitrogens with two attached hydrogens (primary N) is 1. The molecule has 0 atom stereocenters. The van der Waals surface area contributed by atoms with Gasteiger partial charge in [-0.2, -0.15) is 5.26 Å². The molecule has 0 spiro atoms. The van der Waals surface area contributed by atoms with E-state index < -0.39 is 11.8 Å². The number of nitrogens with zero attached hydrogens (tertiary/aromatic N) is 1. The van der Waals surface area contributed by atoms with E-state index in [2.05, 4.69) is 0 Å². The van der Waals surface area contributed by atoms with Crippen LogP contribution in [0.2, 0.25) is 5.02 Å². The molecule has 2 aromatic rings. The SMILES string of the molecule is N#Cc1ccc(F)c(COC(=O)c2ccc(Cl)cc2N)c1. The quantitative estimate of drug-likeness (QED) is 0.697. The van der Waals surface area contributed by atoms with E-state index in [1.165, 1.54) is 30.3 Å². The summed E-state index contributed by atoms with van der Waals surface area (Å²) in [4.78, 5) is 11.9. The lowest BCUT2D eigenvalue weighted by Crippen LogP contribution is -2.09. The van der Waals surface area contributed by atoms with Crippen molar-refractivity contribution in [2.75, 3.05) is 5.73 Å². The van der Waals surface area contributed by atoms with E-state index in [-0.39, 0.29) is 29.0 Å². The molecule has 0 unspecified atom stereocenters. The zero-order valence-corrected chi connectivity index (χ0v) is 11.5. The zero-order chi connectivity index (χ0) is 15.4. The number of benzene rings is 2. The lowest BCUT2D eigenvalue weighted by molar-refractivity contribution is 0.0470. The van der Waals surface area contributed by atoms with Crippen LogP contribution in [0.1, 0.15) is 21.5 Å². The Hall–Kier alpha value is -2.58. The average Bonchev–Trinajstić information content (AvgIpc) is 2.46. The highest BCUT2D eigenvalue weighted by Gasteiger charge is 2.13. The third kappa shape index (κ3) is 3.50. The molecule has 2 aromatic carbocycles. The molecular weight excluding hydrogens is 295 g/mol. The van der Waals surface area contributed by atoms with Gasteiger partial charge in [0.2, 0.25) is 0 Å². The Morgan fingerprint density at radius 2 is 2.10 bits per heavy atom. The smallest absolute Gasteiger partial charge is 0.340 e. The van der Waals surface area contributed by atoms with Crippen molar-refractivity contribution < 1.29 is 13.9 Å². The Morgan fingerprint density at radius 1 is 1.33 bits per heavy atom. The number of ether oxygens (including phenoxy) is 1. The van der Waals surface area contributed by atoms with Crippen molar-refractivity contribution in [2.45, 2.75) is 6.61 Å². The molecular formula is C15H10ClFN2O2. The van der Waals surface area contributed by atoms with Crippen LogP contribution in [0.15, 0.2) is 36.4 Å². The second kappa shape index (κ2) is 6.25. The fourth-order valence-corrected chi connectivity index (χ4v) is 1.88. The summed E-state index contributed by atoms with van der Waals surface area (Å²) in [7, 11) is 0. The van der Waals surface area contributed by atoms with Gasteiger partial charge in [-0.3, -0.25) is 0 Å². The summed E-state index contributed by atoms with van der Waals surface area (Å²) in [5.74, 6) is -1.24. The summed E-state index contributed by atoms with van der Waals surface area (Å²) in [5.41, 5.74) is 6.40. The molecule has 0 amide bonds. The normalized spacial score (nSPS) is 9.95. The molecule has 0 bridgehead atoms. The van der Waals surface area contributed by atoms with Crippen LogP contribution >= 0.6 is 11.6 Å². The number of esters is 1. The van der Waals surface area contributed by atoms with Gasteiger partial charge in [0, 0.05) is 16.3 Å². The monoisotopic (exact) mass is 304 g/mol. The van der Waals surface area contributed by atoms with Crippen LogP contribution in [0.25, 0.3) is 0 Å². The minimum absolute atomic E-state index is 0.120. The number of anilines is 1. The van der Waals surface area contributed by atoms with Crippen LogP contribution < -0.4 is 5.73 Å². The molecule has 0 saturated heterocycles. The number of nitriles is 1. The van der Waals surface area contributed by atoms with Crippen LogP contribution in [0.5, 0.6) is 0 Å². The number of nitrogen functional groups attached to an aromatic ring is 1. The standard InChI is InChI=1S/C15H10ClFN2O2/c16-11-2-3-12(14(19)6-11)15(20)21-8-10-5-9(7-18)1-4-13(10)17/h1-6H,8,19H2. The zero-order valence-electron chi connectivity index (χ0n) is 10.8. The lowest BCUT2D eigenvalue weighted by atomic mass is 10.1. The Kier molecular flexibility index (Phi) is 4.41. The highest BCUT2D eigenvalue weighted by Crippen LogP contribution is 2.20. The van der Waals surface area contributed by atoms with E-state index in [1.54, 1.807) is 0 Å². The summed E-state index contributed by atoms with van der Waals surface area (Å²) in [6, 6.07) is 10.1. The van der Waals surface area contributed by atoms with E-state index in [0.29, 0.717) is 5.02 Å². The number of halogens is 2. The Morgan fingerprint density at radius 3 is 2.76 bits per heavy atom. The minimum Gasteiger partial charge on any atom is -0.457 e. The maximum absolute atomic E-state index is 13.5. The van der Waals surface area contributed by atoms with Gasteiger partial charge in [-0.1, -0.05) is 11.6 Å². The van der Waals surface area contributed by atoms with E-state index in [1.807, 2.05) is 6.07 Å². The van der Waals surface area contributed by atoms with Crippen molar-refractivity contribution in [3.05, 3.63) is 63.9 Å². The predicted molar refractivity (Wildman–Crippen MR) is 76.1 cm³/mol. The molecule has 2 rings (SSSR count). The van der Waals surface area contributed by atoms with Gasteiger partial charge in [-0.05, 0) is 36.4 Å². The Bertz CT molecular complexity index is 741. The Labute approximate surface area is 125 Å². The molecule has 0 aliphatic rings. The largest absolute Gasteiger partial charge is 0.457 e. The fraction of sp³-hybridized carbons (Fsp3) is 0.0667. The average molecular weight is 305 g/mol. The van der Waals surface area contributed by atoms with Crippen molar-refractivity contribution >= 4 is 23.3 Å². The lowest BCUT2D eigenvalue weighted by Gasteiger charge is -2.08. The second-order valence-electron chi connectivity index (χ2n) is 4.23.